The van der Waals surface area contributed by atoms with Crippen molar-refractivity contribution >= 4 is 35.0 Å². The van der Waals surface area contributed by atoms with Gasteiger partial charge in [0.2, 0.25) is 5.16 Å². The maximum Gasteiger partial charge on any atom is 0.210 e. The highest BCUT2D eigenvalue weighted by atomic mass is 35.5. The third-order valence-electron chi connectivity index (χ3n) is 4.46. The van der Waals surface area contributed by atoms with Crippen LogP contribution in [0.25, 0.3) is 11.4 Å². The Morgan fingerprint density at radius 3 is 2.60 bits per heavy atom. The van der Waals surface area contributed by atoms with Crippen LogP contribution in [-0.4, -0.2) is 40.5 Å². The van der Waals surface area contributed by atoms with Gasteiger partial charge in [-0.25, -0.2) is 14.3 Å². The van der Waals surface area contributed by atoms with Crippen molar-refractivity contribution in [2.45, 2.75) is 17.3 Å². The average molecular weight is 462 g/mol. The highest BCUT2D eigenvalue weighted by Gasteiger charge is 2.34. The standard InChI is InChI=1S/C19H17Cl2N7OS/c20-14-6-7-15(16(21)8-14)19(29,9-27-12-23-11-24-27)10-30-18-26-25-17(28(18)22)13-4-2-1-3-5-13/h1-8,11-12,29H,9-10,22H2. The first-order valence-electron chi connectivity index (χ1n) is 8.85. The van der Waals surface area contributed by atoms with Gasteiger partial charge in [-0.1, -0.05) is 71.4 Å². The molecule has 2 aromatic carbocycles. The van der Waals surface area contributed by atoms with Gasteiger partial charge in [0.05, 0.1) is 6.54 Å². The molecule has 0 amide bonds. The van der Waals surface area contributed by atoms with Crippen LogP contribution in [0.2, 0.25) is 10.0 Å². The van der Waals surface area contributed by atoms with E-state index in [2.05, 4.69) is 20.3 Å². The zero-order valence-electron chi connectivity index (χ0n) is 15.6. The maximum absolute atomic E-state index is 11.6. The zero-order chi connectivity index (χ0) is 21.1. The molecule has 1 unspecified atom stereocenters. The number of nitrogens with two attached hydrogens (primary N) is 1. The number of nitrogen functional groups attached to an aromatic ring is 1. The SMILES string of the molecule is Nn1c(SCC(O)(Cn2cncn2)c2ccc(Cl)cc2Cl)nnc1-c1ccccc1. The van der Waals surface area contributed by atoms with Gasteiger partial charge >= 0.3 is 0 Å². The molecular weight excluding hydrogens is 445 g/mol. The van der Waals surface area contributed by atoms with Crippen molar-refractivity contribution in [3.05, 3.63) is 76.8 Å². The average Bonchev–Trinajstić information content (AvgIpc) is 3.36. The minimum atomic E-state index is -1.39. The summed E-state index contributed by atoms with van der Waals surface area (Å²) in [6.07, 6.45) is 2.93. The molecule has 154 valence electrons. The van der Waals surface area contributed by atoms with Crippen LogP contribution < -0.4 is 5.84 Å². The number of thioether (sulfide) groups is 1. The number of halogens is 2. The lowest BCUT2D eigenvalue weighted by molar-refractivity contribution is 0.0397. The second-order valence-electron chi connectivity index (χ2n) is 6.58. The quantitative estimate of drug-likeness (QED) is 0.321. The van der Waals surface area contributed by atoms with Crippen molar-refractivity contribution in [1.82, 2.24) is 29.6 Å². The van der Waals surface area contributed by atoms with Crippen molar-refractivity contribution in [2.75, 3.05) is 11.6 Å². The zero-order valence-corrected chi connectivity index (χ0v) is 17.9. The number of hydrogen-bond acceptors (Lipinski definition) is 7. The van der Waals surface area contributed by atoms with Crippen LogP contribution in [0.15, 0.2) is 66.3 Å². The van der Waals surface area contributed by atoms with Gasteiger partial charge in [-0.05, 0) is 12.1 Å². The summed E-state index contributed by atoms with van der Waals surface area (Å²) in [4.78, 5) is 3.94. The molecule has 8 nitrogen and oxygen atoms in total. The Labute approximate surface area is 186 Å². The lowest BCUT2D eigenvalue weighted by atomic mass is 9.95. The molecule has 11 heteroatoms. The molecule has 0 saturated heterocycles. The maximum atomic E-state index is 11.6. The smallest absolute Gasteiger partial charge is 0.210 e. The van der Waals surface area contributed by atoms with Crippen molar-refractivity contribution in [3.63, 3.8) is 0 Å². The van der Waals surface area contributed by atoms with E-state index >= 15 is 0 Å². The van der Waals surface area contributed by atoms with E-state index in [1.54, 1.807) is 18.2 Å². The molecule has 0 aliphatic rings. The van der Waals surface area contributed by atoms with Crippen LogP contribution >= 0.6 is 35.0 Å². The Hall–Kier alpha value is -2.59. The van der Waals surface area contributed by atoms with Gasteiger partial charge < -0.3 is 10.9 Å². The number of aromatic nitrogens is 6. The van der Waals surface area contributed by atoms with E-state index in [0.29, 0.717) is 26.6 Å². The minimum absolute atomic E-state index is 0.131. The van der Waals surface area contributed by atoms with Crippen LogP contribution in [0.3, 0.4) is 0 Å². The molecule has 0 aliphatic carbocycles. The summed E-state index contributed by atoms with van der Waals surface area (Å²) >= 11 is 13.7. The first kappa shape index (κ1) is 20.7. The third kappa shape index (κ3) is 4.29. The van der Waals surface area contributed by atoms with Crippen LogP contribution in [0.1, 0.15) is 5.56 Å². The number of aliphatic hydroxyl groups is 1. The van der Waals surface area contributed by atoms with Crippen molar-refractivity contribution in [1.29, 1.82) is 0 Å². The Balaban J connectivity index is 1.62. The summed E-state index contributed by atoms with van der Waals surface area (Å²) in [5.41, 5.74) is -0.0280. The van der Waals surface area contributed by atoms with Crippen LogP contribution in [0.5, 0.6) is 0 Å². The normalized spacial score (nSPS) is 13.3. The number of hydrogen-bond donors (Lipinski definition) is 2. The Morgan fingerprint density at radius 1 is 1.10 bits per heavy atom. The molecule has 30 heavy (non-hydrogen) atoms. The largest absolute Gasteiger partial charge is 0.382 e. The van der Waals surface area contributed by atoms with E-state index < -0.39 is 5.60 Å². The molecular formula is C19H17Cl2N7OS. The van der Waals surface area contributed by atoms with Gasteiger partial charge in [-0.2, -0.15) is 5.10 Å². The van der Waals surface area contributed by atoms with Crippen molar-refractivity contribution in [3.8, 4) is 11.4 Å². The van der Waals surface area contributed by atoms with E-state index in [-0.39, 0.29) is 12.3 Å². The molecule has 4 aromatic rings. The highest BCUT2D eigenvalue weighted by molar-refractivity contribution is 7.99. The molecule has 0 saturated carbocycles. The van der Waals surface area contributed by atoms with Gasteiger partial charge in [0, 0.05) is 26.9 Å². The Kier molecular flexibility index (Phi) is 5.96. The van der Waals surface area contributed by atoms with Gasteiger partial charge in [0.1, 0.15) is 18.3 Å². The lowest BCUT2D eigenvalue weighted by Crippen LogP contribution is -2.35. The van der Waals surface area contributed by atoms with E-state index in [1.807, 2.05) is 30.3 Å². The summed E-state index contributed by atoms with van der Waals surface area (Å²) in [6.45, 7) is 0.131. The van der Waals surface area contributed by atoms with Gasteiger partial charge in [0.25, 0.3) is 0 Å². The van der Waals surface area contributed by atoms with Crippen LogP contribution in [0, 0.1) is 0 Å². The summed E-state index contributed by atoms with van der Waals surface area (Å²) in [7, 11) is 0. The fraction of sp³-hybridized carbons (Fsp3) is 0.158. The summed E-state index contributed by atoms with van der Waals surface area (Å²) in [6, 6.07) is 14.5. The molecule has 3 N–H and O–H groups in total. The molecule has 2 heterocycles. The summed E-state index contributed by atoms with van der Waals surface area (Å²) in [5, 5.41) is 25.3. The van der Waals surface area contributed by atoms with Gasteiger partial charge in [0.15, 0.2) is 5.82 Å². The topological polar surface area (TPSA) is 108 Å². The number of benzene rings is 2. The second kappa shape index (κ2) is 8.65. The lowest BCUT2D eigenvalue weighted by Gasteiger charge is -2.29. The molecule has 1 atom stereocenters. The summed E-state index contributed by atoms with van der Waals surface area (Å²) in [5.74, 6) is 6.93. The molecule has 0 radical (unpaired) electrons. The molecule has 0 aliphatic heterocycles. The van der Waals surface area contributed by atoms with E-state index in [9.17, 15) is 5.11 Å². The predicted octanol–water partition coefficient (Wildman–Crippen LogP) is 3.24. The van der Waals surface area contributed by atoms with Crippen LogP contribution in [0.4, 0.5) is 0 Å². The fourth-order valence-corrected chi connectivity index (χ4v) is 4.52. The molecule has 2 aromatic heterocycles. The first-order chi connectivity index (χ1) is 14.5. The first-order valence-corrected chi connectivity index (χ1v) is 10.6. The predicted molar refractivity (Wildman–Crippen MR) is 117 cm³/mol. The van der Waals surface area contributed by atoms with E-state index in [0.717, 1.165) is 5.56 Å². The van der Waals surface area contributed by atoms with Crippen molar-refractivity contribution < 1.29 is 5.11 Å². The second-order valence-corrected chi connectivity index (χ2v) is 8.37. The third-order valence-corrected chi connectivity index (χ3v) is 6.17. The molecule has 4 rings (SSSR count). The van der Waals surface area contributed by atoms with E-state index in [1.165, 1.54) is 33.8 Å². The van der Waals surface area contributed by atoms with E-state index in [4.69, 9.17) is 29.0 Å². The molecule has 0 spiro atoms. The number of nitrogens with zero attached hydrogens (tertiary/aromatic N) is 6. The Bertz CT molecular complexity index is 1140. The van der Waals surface area contributed by atoms with Gasteiger partial charge in [-0.3, -0.25) is 0 Å². The number of rotatable bonds is 7. The molecule has 0 fully saturated rings. The van der Waals surface area contributed by atoms with Crippen LogP contribution in [-0.2, 0) is 12.1 Å². The summed E-state index contributed by atoms with van der Waals surface area (Å²) < 4.78 is 2.94. The van der Waals surface area contributed by atoms with Crippen molar-refractivity contribution in [2.24, 2.45) is 0 Å². The minimum Gasteiger partial charge on any atom is -0.382 e. The monoisotopic (exact) mass is 461 g/mol. The fourth-order valence-electron chi connectivity index (χ4n) is 3.00. The van der Waals surface area contributed by atoms with Gasteiger partial charge in [-0.15, -0.1) is 10.2 Å². The molecule has 0 bridgehead atoms. The highest BCUT2D eigenvalue weighted by Crippen LogP contribution is 2.36. The Morgan fingerprint density at radius 2 is 1.90 bits per heavy atom.